The Hall–Kier alpha value is -2.01. The minimum Gasteiger partial charge on any atom is -0.369 e. The molecule has 0 bridgehead atoms. The fourth-order valence-corrected chi connectivity index (χ4v) is 3.69. The van der Waals surface area contributed by atoms with Crippen LogP contribution in [0.25, 0.3) is 0 Å². The number of amides is 1. The van der Waals surface area contributed by atoms with Gasteiger partial charge in [-0.05, 0) is 37.1 Å². The molecular weight excluding hydrogens is 323 g/mol. The van der Waals surface area contributed by atoms with Gasteiger partial charge in [-0.2, -0.15) is 0 Å². The van der Waals surface area contributed by atoms with Crippen molar-refractivity contribution in [1.82, 2.24) is 5.32 Å². The summed E-state index contributed by atoms with van der Waals surface area (Å²) in [5, 5.41) is 3.08. The van der Waals surface area contributed by atoms with Gasteiger partial charge in [-0.3, -0.25) is 4.79 Å². The van der Waals surface area contributed by atoms with Crippen molar-refractivity contribution in [2.45, 2.75) is 23.8 Å². The van der Waals surface area contributed by atoms with Crippen molar-refractivity contribution in [3.8, 4) is 0 Å². The van der Waals surface area contributed by atoms with E-state index >= 15 is 0 Å². The van der Waals surface area contributed by atoms with E-state index in [-0.39, 0.29) is 23.5 Å². The Kier molecular flexibility index (Phi) is 5.75. The van der Waals surface area contributed by atoms with Gasteiger partial charge < -0.3 is 10.2 Å². The van der Waals surface area contributed by atoms with Crippen LogP contribution in [0.15, 0.2) is 59.5 Å². The molecule has 0 aromatic heterocycles. The van der Waals surface area contributed by atoms with Crippen molar-refractivity contribution in [2.24, 2.45) is 0 Å². The first-order valence-electron chi connectivity index (χ1n) is 8.19. The number of hydrogen-bond acceptors (Lipinski definition) is 3. The van der Waals surface area contributed by atoms with E-state index in [9.17, 15) is 9.18 Å². The summed E-state index contributed by atoms with van der Waals surface area (Å²) in [6, 6.07) is 17.0. The Morgan fingerprint density at radius 1 is 1.17 bits per heavy atom. The molecule has 126 valence electrons. The number of halogens is 1. The maximum Gasteiger partial charge on any atom is 0.230 e. The van der Waals surface area contributed by atoms with Crippen molar-refractivity contribution >= 4 is 23.4 Å². The maximum absolute atomic E-state index is 13.6. The number of carbonyl (C=O) groups excluding carboxylic acids is 1. The molecule has 2 aromatic carbocycles. The monoisotopic (exact) mass is 344 g/mol. The molecule has 1 saturated heterocycles. The predicted molar refractivity (Wildman–Crippen MR) is 96.9 cm³/mol. The highest BCUT2D eigenvalue weighted by atomic mass is 32.2. The largest absolute Gasteiger partial charge is 0.369 e. The molecule has 1 atom stereocenters. The van der Waals surface area contributed by atoms with Gasteiger partial charge in [0, 0.05) is 29.7 Å². The summed E-state index contributed by atoms with van der Waals surface area (Å²) in [6.07, 6.45) is 2.04. The highest BCUT2D eigenvalue weighted by Crippen LogP contribution is 2.22. The number of anilines is 1. The van der Waals surface area contributed by atoms with Gasteiger partial charge in [0.05, 0.1) is 5.75 Å². The first-order valence-corrected chi connectivity index (χ1v) is 9.17. The lowest BCUT2D eigenvalue weighted by Crippen LogP contribution is -2.48. The number of para-hydroxylation sites is 1. The van der Waals surface area contributed by atoms with Crippen LogP contribution in [0.1, 0.15) is 12.8 Å². The van der Waals surface area contributed by atoms with Crippen LogP contribution in [-0.2, 0) is 4.79 Å². The second-order valence-electron chi connectivity index (χ2n) is 5.91. The Morgan fingerprint density at radius 2 is 1.92 bits per heavy atom. The van der Waals surface area contributed by atoms with Crippen molar-refractivity contribution in [3.05, 3.63) is 60.4 Å². The smallest absolute Gasteiger partial charge is 0.230 e. The Balaban J connectivity index is 1.50. The summed E-state index contributed by atoms with van der Waals surface area (Å²) in [5.41, 5.74) is 1.19. The molecule has 5 heteroatoms. The van der Waals surface area contributed by atoms with Crippen molar-refractivity contribution < 1.29 is 9.18 Å². The molecule has 1 unspecified atom stereocenters. The van der Waals surface area contributed by atoms with E-state index in [1.54, 1.807) is 18.2 Å². The summed E-state index contributed by atoms with van der Waals surface area (Å²) in [5.74, 6) is -0.0747. The van der Waals surface area contributed by atoms with E-state index in [0.717, 1.165) is 25.9 Å². The zero-order valence-electron chi connectivity index (χ0n) is 13.5. The van der Waals surface area contributed by atoms with Gasteiger partial charge in [0.1, 0.15) is 5.82 Å². The van der Waals surface area contributed by atoms with E-state index in [1.165, 1.54) is 23.5 Å². The molecule has 0 aliphatic carbocycles. The Morgan fingerprint density at radius 3 is 2.71 bits per heavy atom. The quantitative estimate of drug-likeness (QED) is 0.840. The van der Waals surface area contributed by atoms with Crippen molar-refractivity contribution in [3.63, 3.8) is 0 Å². The van der Waals surface area contributed by atoms with Gasteiger partial charge in [0.25, 0.3) is 0 Å². The third-order valence-corrected chi connectivity index (χ3v) is 5.15. The highest BCUT2D eigenvalue weighted by Gasteiger charge is 2.21. The van der Waals surface area contributed by atoms with Crippen molar-refractivity contribution in [1.29, 1.82) is 0 Å². The number of nitrogens with zero attached hydrogens (tertiary/aromatic N) is 1. The molecule has 1 fully saturated rings. The van der Waals surface area contributed by atoms with E-state index < -0.39 is 0 Å². The van der Waals surface area contributed by atoms with Crippen LogP contribution in [0.4, 0.5) is 10.1 Å². The molecule has 1 N–H and O–H groups in total. The van der Waals surface area contributed by atoms with Crippen LogP contribution >= 0.6 is 11.8 Å². The molecule has 0 radical (unpaired) electrons. The number of hydrogen-bond donors (Lipinski definition) is 1. The number of carbonyl (C=O) groups is 1. The molecule has 0 saturated carbocycles. The van der Waals surface area contributed by atoms with Gasteiger partial charge in [0.2, 0.25) is 5.91 Å². The number of thioether (sulfide) groups is 1. The third kappa shape index (κ3) is 4.51. The summed E-state index contributed by atoms with van der Waals surface area (Å²) in [7, 11) is 0. The number of benzene rings is 2. The lowest BCUT2D eigenvalue weighted by atomic mass is 10.0. The van der Waals surface area contributed by atoms with Crippen LogP contribution in [0.3, 0.4) is 0 Å². The Labute approximate surface area is 146 Å². The van der Waals surface area contributed by atoms with E-state index in [0.29, 0.717) is 4.90 Å². The van der Waals surface area contributed by atoms with E-state index in [2.05, 4.69) is 22.3 Å². The van der Waals surface area contributed by atoms with Gasteiger partial charge in [0.15, 0.2) is 0 Å². The summed E-state index contributed by atoms with van der Waals surface area (Å²) >= 11 is 1.24. The van der Waals surface area contributed by atoms with Crippen LogP contribution < -0.4 is 10.2 Å². The van der Waals surface area contributed by atoms with Crippen LogP contribution in [-0.4, -0.2) is 30.8 Å². The molecule has 24 heavy (non-hydrogen) atoms. The van der Waals surface area contributed by atoms with Gasteiger partial charge in [-0.15, -0.1) is 11.8 Å². The van der Waals surface area contributed by atoms with E-state index in [1.807, 2.05) is 18.2 Å². The predicted octanol–water partition coefficient (Wildman–Crippen LogP) is 3.70. The van der Waals surface area contributed by atoms with Gasteiger partial charge in [-0.1, -0.05) is 30.3 Å². The Bertz CT molecular complexity index is 680. The maximum atomic E-state index is 13.6. The molecule has 1 aliphatic rings. The molecule has 3 rings (SSSR count). The average molecular weight is 344 g/mol. The SMILES string of the molecule is O=C(CSc1ccccc1F)NC1CCCN(c2ccccc2)C1. The van der Waals surface area contributed by atoms with Crippen molar-refractivity contribution in [2.75, 3.05) is 23.7 Å². The standard InChI is InChI=1S/C19H21FN2OS/c20-17-10-4-5-11-18(17)24-14-19(23)21-15-7-6-12-22(13-15)16-8-2-1-3-9-16/h1-5,8-11,15H,6-7,12-14H2,(H,21,23). The fraction of sp³-hybridized carbons (Fsp3) is 0.316. The van der Waals surface area contributed by atoms with Crippen LogP contribution in [0.5, 0.6) is 0 Å². The average Bonchev–Trinajstić information content (AvgIpc) is 2.62. The zero-order valence-corrected chi connectivity index (χ0v) is 14.3. The molecule has 0 spiro atoms. The zero-order chi connectivity index (χ0) is 16.8. The highest BCUT2D eigenvalue weighted by molar-refractivity contribution is 8.00. The first kappa shape index (κ1) is 16.8. The van der Waals surface area contributed by atoms with Gasteiger partial charge in [-0.25, -0.2) is 4.39 Å². The molecule has 3 nitrogen and oxygen atoms in total. The molecule has 1 amide bonds. The number of rotatable bonds is 5. The normalized spacial score (nSPS) is 17.5. The summed E-state index contributed by atoms with van der Waals surface area (Å²) in [6.45, 7) is 1.83. The minimum absolute atomic E-state index is 0.0387. The molecule has 2 aromatic rings. The summed E-state index contributed by atoms with van der Waals surface area (Å²) in [4.78, 5) is 15.0. The third-order valence-electron chi connectivity index (χ3n) is 4.10. The second kappa shape index (κ2) is 8.20. The first-order chi connectivity index (χ1) is 11.7. The minimum atomic E-state index is -0.275. The van der Waals surface area contributed by atoms with Gasteiger partial charge >= 0.3 is 0 Å². The fourth-order valence-electron chi connectivity index (χ4n) is 2.94. The number of piperidine rings is 1. The topological polar surface area (TPSA) is 32.3 Å². The lowest BCUT2D eigenvalue weighted by Gasteiger charge is -2.34. The van der Waals surface area contributed by atoms with E-state index in [4.69, 9.17) is 0 Å². The molecular formula is C19H21FN2OS. The summed E-state index contributed by atoms with van der Waals surface area (Å²) < 4.78 is 13.6. The lowest BCUT2D eigenvalue weighted by molar-refractivity contribution is -0.119. The second-order valence-corrected chi connectivity index (χ2v) is 6.92. The van der Waals surface area contributed by atoms with Crippen LogP contribution in [0, 0.1) is 5.82 Å². The van der Waals surface area contributed by atoms with Crippen LogP contribution in [0.2, 0.25) is 0 Å². The number of nitrogens with one attached hydrogen (secondary N) is 1. The molecule has 1 heterocycles. The molecule has 1 aliphatic heterocycles.